The number of hydrogen-bond donors (Lipinski definition) is 1. The lowest BCUT2D eigenvalue weighted by molar-refractivity contribution is 0.435. The summed E-state index contributed by atoms with van der Waals surface area (Å²) in [5.74, 6) is 0.320. The Kier molecular flexibility index (Phi) is 2.35. The first-order valence-corrected chi connectivity index (χ1v) is 4.55. The number of rotatable bonds is 2. The lowest BCUT2D eigenvalue weighted by Gasteiger charge is -2.17. The molecule has 0 atom stereocenters. The molecule has 0 saturated heterocycles. The number of benzene rings is 1. The molecule has 1 aromatic rings. The van der Waals surface area contributed by atoms with Gasteiger partial charge in [0.25, 0.3) is 0 Å². The smallest absolute Gasteiger partial charge is 0.191 e. The highest BCUT2D eigenvalue weighted by atomic mass is 19.1. The van der Waals surface area contributed by atoms with Crippen LogP contribution in [0.25, 0.3) is 0 Å². The van der Waals surface area contributed by atoms with Crippen molar-refractivity contribution in [2.45, 2.75) is 6.54 Å². The molecule has 2 rings (SSSR count). The van der Waals surface area contributed by atoms with Crippen LogP contribution in [0.1, 0.15) is 5.56 Å². The van der Waals surface area contributed by atoms with Gasteiger partial charge in [-0.1, -0.05) is 18.2 Å². The molecule has 0 bridgehead atoms. The number of nitrogens with zero attached hydrogens (tertiary/aromatic N) is 2. The Morgan fingerprint density at radius 1 is 1.43 bits per heavy atom. The highest BCUT2D eigenvalue weighted by Gasteiger charge is 2.14. The van der Waals surface area contributed by atoms with Gasteiger partial charge in [0.1, 0.15) is 5.82 Å². The largest absolute Gasteiger partial charge is 0.370 e. The van der Waals surface area contributed by atoms with E-state index in [2.05, 4.69) is 4.99 Å². The van der Waals surface area contributed by atoms with E-state index in [1.807, 2.05) is 11.0 Å². The Bertz CT molecular complexity index is 362. The van der Waals surface area contributed by atoms with Gasteiger partial charge in [0.15, 0.2) is 5.96 Å². The molecule has 1 aromatic carbocycles. The molecule has 0 fully saturated rings. The first-order valence-electron chi connectivity index (χ1n) is 4.55. The molecule has 3 nitrogen and oxygen atoms in total. The van der Waals surface area contributed by atoms with Crippen molar-refractivity contribution >= 4 is 5.96 Å². The molecule has 0 unspecified atom stereocenters. The van der Waals surface area contributed by atoms with Crippen molar-refractivity contribution < 1.29 is 4.39 Å². The molecule has 0 aliphatic carbocycles. The summed E-state index contributed by atoms with van der Waals surface area (Å²) in [4.78, 5) is 5.91. The average molecular weight is 193 g/mol. The van der Waals surface area contributed by atoms with Crippen molar-refractivity contribution in [2.75, 3.05) is 13.1 Å². The molecule has 4 heteroatoms. The molecule has 0 saturated carbocycles. The van der Waals surface area contributed by atoms with Crippen LogP contribution in [-0.2, 0) is 6.54 Å². The number of hydrogen-bond acceptors (Lipinski definition) is 3. The summed E-state index contributed by atoms with van der Waals surface area (Å²) in [5.41, 5.74) is 6.29. The van der Waals surface area contributed by atoms with E-state index < -0.39 is 0 Å². The third-order valence-electron chi connectivity index (χ3n) is 2.29. The molecule has 0 radical (unpaired) electrons. The SMILES string of the molecule is NC1=NCCN1Cc1ccccc1F. The molecule has 1 aliphatic heterocycles. The number of nitrogens with two attached hydrogens (primary N) is 1. The lowest BCUT2D eigenvalue weighted by Crippen LogP contribution is -2.33. The first kappa shape index (κ1) is 8.99. The van der Waals surface area contributed by atoms with E-state index in [-0.39, 0.29) is 5.82 Å². The second kappa shape index (κ2) is 3.65. The number of halogens is 1. The number of aliphatic imine (C=N–C) groups is 1. The van der Waals surface area contributed by atoms with Gasteiger partial charge in [-0.05, 0) is 6.07 Å². The molecular formula is C10H12FN3. The van der Waals surface area contributed by atoms with E-state index in [1.54, 1.807) is 12.1 Å². The maximum absolute atomic E-state index is 13.3. The highest BCUT2D eigenvalue weighted by molar-refractivity contribution is 5.79. The minimum atomic E-state index is -0.188. The van der Waals surface area contributed by atoms with Gasteiger partial charge in [-0.15, -0.1) is 0 Å². The minimum absolute atomic E-state index is 0.188. The van der Waals surface area contributed by atoms with Crippen molar-refractivity contribution in [2.24, 2.45) is 10.7 Å². The molecule has 2 N–H and O–H groups in total. The quantitative estimate of drug-likeness (QED) is 0.760. The summed E-state index contributed by atoms with van der Waals surface area (Å²) in [5, 5.41) is 0. The summed E-state index contributed by atoms with van der Waals surface area (Å²) < 4.78 is 13.3. The monoisotopic (exact) mass is 193 g/mol. The molecule has 14 heavy (non-hydrogen) atoms. The standard InChI is InChI=1S/C10H12FN3/c11-9-4-2-1-3-8(9)7-14-6-5-13-10(14)12/h1-4H,5-7H2,(H2,12,13). The van der Waals surface area contributed by atoms with Gasteiger partial charge < -0.3 is 10.6 Å². The minimum Gasteiger partial charge on any atom is -0.370 e. The fourth-order valence-electron chi connectivity index (χ4n) is 1.49. The van der Waals surface area contributed by atoms with Gasteiger partial charge in [0.2, 0.25) is 0 Å². The van der Waals surface area contributed by atoms with Crippen LogP contribution in [0.3, 0.4) is 0 Å². The second-order valence-corrected chi connectivity index (χ2v) is 3.25. The van der Waals surface area contributed by atoms with Crippen molar-refractivity contribution in [1.82, 2.24) is 4.90 Å². The van der Waals surface area contributed by atoms with E-state index in [9.17, 15) is 4.39 Å². The fourth-order valence-corrected chi connectivity index (χ4v) is 1.49. The van der Waals surface area contributed by atoms with Gasteiger partial charge in [-0.25, -0.2) is 4.39 Å². The molecule has 74 valence electrons. The Morgan fingerprint density at radius 3 is 2.86 bits per heavy atom. The van der Waals surface area contributed by atoms with Crippen LogP contribution in [0.5, 0.6) is 0 Å². The second-order valence-electron chi connectivity index (χ2n) is 3.25. The molecule has 1 aliphatic rings. The van der Waals surface area contributed by atoms with Crippen LogP contribution < -0.4 is 5.73 Å². The van der Waals surface area contributed by atoms with E-state index in [4.69, 9.17) is 5.73 Å². The zero-order valence-corrected chi connectivity index (χ0v) is 7.78. The molecule has 1 heterocycles. The predicted molar refractivity (Wildman–Crippen MR) is 53.3 cm³/mol. The van der Waals surface area contributed by atoms with Gasteiger partial charge >= 0.3 is 0 Å². The zero-order chi connectivity index (χ0) is 9.97. The predicted octanol–water partition coefficient (Wildman–Crippen LogP) is 0.956. The zero-order valence-electron chi connectivity index (χ0n) is 7.78. The van der Waals surface area contributed by atoms with Crippen LogP contribution in [0.2, 0.25) is 0 Å². The third kappa shape index (κ3) is 1.69. The Labute approximate surface area is 82.0 Å². The summed E-state index contributed by atoms with van der Waals surface area (Å²) >= 11 is 0. The third-order valence-corrected chi connectivity index (χ3v) is 2.29. The summed E-state index contributed by atoms with van der Waals surface area (Å²) in [6, 6.07) is 6.72. The summed E-state index contributed by atoms with van der Waals surface area (Å²) in [6.07, 6.45) is 0. The van der Waals surface area contributed by atoms with E-state index in [0.29, 0.717) is 24.6 Å². The number of guanidine groups is 1. The summed E-state index contributed by atoms with van der Waals surface area (Å²) in [6.45, 7) is 1.99. The van der Waals surface area contributed by atoms with Crippen LogP contribution in [0.15, 0.2) is 29.3 Å². The van der Waals surface area contributed by atoms with Gasteiger partial charge in [-0.3, -0.25) is 4.99 Å². The van der Waals surface area contributed by atoms with Crippen molar-refractivity contribution in [3.05, 3.63) is 35.6 Å². The highest BCUT2D eigenvalue weighted by Crippen LogP contribution is 2.11. The Morgan fingerprint density at radius 2 is 2.21 bits per heavy atom. The first-order chi connectivity index (χ1) is 6.77. The van der Waals surface area contributed by atoms with E-state index in [1.165, 1.54) is 6.07 Å². The maximum atomic E-state index is 13.3. The van der Waals surface area contributed by atoms with Crippen LogP contribution in [0.4, 0.5) is 4.39 Å². The Balaban J connectivity index is 2.11. The van der Waals surface area contributed by atoms with Gasteiger partial charge in [0.05, 0.1) is 6.54 Å². The van der Waals surface area contributed by atoms with Gasteiger partial charge in [0, 0.05) is 18.7 Å². The molecule has 0 amide bonds. The van der Waals surface area contributed by atoms with Crippen LogP contribution in [-0.4, -0.2) is 23.9 Å². The Hall–Kier alpha value is -1.58. The van der Waals surface area contributed by atoms with Gasteiger partial charge in [-0.2, -0.15) is 0 Å². The van der Waals surface area contributed by atoms with Crippen LogP contribution in [0, 0.1) is 5.82 Å². The van der Waals surface area contributed by atoms with E-state index >= 15 is 0 Å². The maximum Gasteiger partial charge on any atom is 0.191 e. The summed E-state index contributed by atoms with van der Waals surface area (Å²) in [7, 11) is 0. The van der Waals surface area contributed by atoms with Crippen molar-refractivity contribution in [3.63, 3.8) is 0 Å². The molecule has 0 aromatic heterocycles. The topological polar surface area (TPSA) is 41.6 Å². The lowest BCUT2D eigenvalue weighted by atomic mass is 10.2. The normalized spacial score (nSPS) is 15.8. The fraction of sp³-hybridized carbons (Fsp3) is 0.300. The van der Waals surface area contributed by atoms with E-state index in [0.717, 1.165) is 6.54 Å². The molecular weight excluding hydrogens is 181 g/mol. The van der Waals surface area contributed by atoms with Crippen LogP contribution >= 0.6 is 0 Å². The average Bonchev–Trinajstić information content (AvgIpc) is 2.56. The van der Waals surface area contributed by atoms with Crippen molar-refractivity contribution in [3.8, 4) is 0 Å². The van der Waals surface area contributed by atoms with Crippen molar-refractivity contribution in [1.29, 1.82) is 0 Å². The molecule has 0 spiro atoms.